The standard InChI is InChI=1S/C28H36N2O4/c1-3-27(31)30(25-15-18-29(19-16-25)17-14-23-8-5-4-6-9-23)26-11-7-10-24(22-26)12-13-28(32)34-21-20-33-2/h4-13,22,25H,3,14-21H2,1-2H3/b13-12+. The Morgan fingerprint density at radius 1 is 1.06 bits per heavy atom. The summed E-state index contributed by atoms with van der Waals surface area (Å²) in [5.41, 5.74) is 3.10. The van der Waals surface area contributed by atoms with Crippen molar-refractivity contribution in [2.45, 2.75) is 38.6 Å². The van der Waals surface area contributed by atoms with Crippen molar-refractivity contribution in [2.24, 2.45) is 0 Å². The highest BCUT2D eigenvalue weighted by atomic mass is 16.6. The summed E-state index contributed by atoms with van der Waals surface area (Å²) in [5, 5.41) is 0. The van der Waals surface area contributed by atoms with Crippen LogP contribution in [0.3, 0.4) is 0 Å². The maximum atomic E-state index is 12.9. The van der Waals surface area contributed by atoms with Gasteiger partial charge in [-0.15, -0.1) is 0 Å². The van der Waals surface area contributed by atoms with E-state index in [-0.39, 0.29) is 18.6 Å². The number of esters is 1. The van der Waals surface area contributed by atoms with E-state index in [4.69, 9.17) is 9.47 Å². The Hall–Kier alpha value is -2.96. The molecule has 0 N–H and O–H groups in total. The Bertz CT molecular complexity index is 936. The van der Waals surface area contributed by atoms with Gasteiger partial charge in [0.2, 0.25) is 5.91 Å². The highest BCUT2D eigenvalue weighted by molar-refractivity contribution is 5.94. The van der Waals surface area contributed by atoms with E-state index in [1.165, 1.54) is 11.6 Å². The number of hydrogen-bond donors (Lipinski definition) is 0. The van der Waals surface area contributed by atoms with Crippen LogP contribution < -0.4 is 4.90 Å². The number of likely N-dealkylation sites (tertiary alicyclic amines) is 1. The van der Waals surface area contributed by atoms with Crippen LogP contribution >= 0.6 is 0 Å². The topological polar surface area (TPSA) is 59.1 Å². The molecule has 6 heteroatoms. The van der Waals surface area contributed by atoms with Gasteiger partial charge in [0.15, 0.2) is 0 Å². The Kier molecular flexibility index (Phi) is 10.3. The predicted octanol–water partition coefficient (Wildman–Crippen LogP) is 4.34. The molecular formula is C28H36N2O4. The lowest BCUT2D eigenvalue weighted by atomic mass is 10.0. The van der Waals surface area contributed by atoms with Crippen LogP contribution in [-0.4, -0.2) is 62.8 Å². The number of benzene rings is 2. The minimum absolute atomic E-state index is 0.128. The van der Waals surface area contributed by atoms with Gasteiger partial charge in [0.05, 0.1) is 6.61 Å². The second-order valence-electron chi connectivity index (χ2n) is 8.51. The number of carbonyl (C=O) groups is 2. The van der Waals surface area contributed by atoms with Crippen LogP contribution in [0, 0.1) is 0 Å². The van der Waals surface area contributed by atoms with E-state index in [1.54, 1.807) is 13.2 Å². The number of hydrogen-bond acceptors (Lipinski definition) is 5. The van der Waals surface area contributed by atoms with Crippen molar-refractivity contribution in [1.29, 1.82) is 0 Å². The van der Waals surface area contributed by atoms with Crippen molar-refractivity contribution < 1.29 is 19.1 Å². The molecule has 2 aromatic carbocycles. The van der Waals surface area contributed by atoms with E-state index in [2.05, 4.69) is 29.2 Å². The van der Waals surface area contributed by atoms with Gasteiger partial charge in [-0.25, -0.2) is 4.79 Å². The first-order chi connectivity index (χ1) is 16.6. The maximum absolute atomic E-state index is 12.9. The smallest absolute Gasteiger partial charge is 0.330 e. The molecule has 182 valence electrons. The van der Waals surface area contributed by atoms with Gasteiger partial charge in [-0.1, -0.05) is 49.4 Å². The van der Waals surface area contributed by atoms with Crippen LogP contribution in [-0.2, 0) is 25.5 Å². The summed E-state index contributed by atoms with van der Waals surface area (Å²) in [4.78, 5) is 29.2. The lowest BCUT2D eigenvalue weighted by Crippen LogP contribution is -2.48. The molecule has 1 aliphatic rings. The molecule has 1 saturated heterocycles. The van der Waals surface area contributed by atoms with Crippen LogP contribution in [0.5, 0.6) is 0 Å². The van der Waals surface area contributed by atoms with Crippen LogP contribution in [0.2, 0.25) is 0 Å². The Labute approximate surface area is 203 Å². The maximum Gasteiger partial charge on any atom is 0.330 e. The minimum Gasteiger partial charge on any atom is -0.460 e. The van der Waals surface area contributed by atoms with Crippen molar-refractivity contribution in [3.8, 4) is 0 Å². The molecule has 0 radical (unpaired) electrons. The second-order valence-corrected chi connectivity index (χ2v) is 8.51. The summed E-state index contributed by atoms with van der Waals surface area (Å²) in [6.07, 6.45) is 6.54. The fraction of sp³-hybridized carbons (Fsp3) is 0.429. The highest BCUT2D eigenvalue weighted by Crippen LogP contribution is 2.26. The molecule has 0 aromatic heterocycles. The first-order valence-corrected chi connectivity index (χ1v) is 12.1. The zero-order chi connectivity index (χ0) is 24.2. The normalized spacial score (nSPS) is 14.9. The number of piperidine rings is 1. The summed E-state index contributed by atoms with van der Waals surface area (Å²) in [6.45, 7) is 5.51. The Morgan fingerprint density at radius 3 is 2.53 bits per heavy atom. The molecule has 2 aromatic rings. The number of nitrogens with zero attached hydrogens (tertiary/aromatic N) is 2. The molecule has 0 atom stereocenters. The summed E-state index contributed by atoms with van der Waals surface area (Å²) in [5.74, 6) is -0.283. The fourth-order valence-corrected chi connectivity index (χ4v) is 4.28. The van der Waals surface area contributed by atoms with Gasteiger partial charge in [0.1, 0.15) is 6.61 Å². The van der Waals surface area contributed by atoms with Crippen LogP contribution in [0.4, 0.5) is 5.69 Å². The quantitative estimate of drug-likeness (QED) is 0.281. The molecular weight excluding hydrogens is 428 g/mol. The van der Waals surface area contributed by atoms with Crippen LogP contribution in [0.15, 0.2) is 60.7 Å². The molecule has 0 aliphatic carbocycles. The fourth-order valence-electron chi connectivity index (χ4n) is 4.28. The number of methoxy groups -OCH3 is 1. The van der Waals surface area contributed by atoms with Gasteiger partial charge in [-0.05, 0) is 48.6 Å². The lowest BCUT2D eigenvalue weighted by molar-refractivity contribution is -0.138. The van der Waals surface area contributed by atoms with E-state index in [1.807, 2.05) is 42.2 Å². The molecule has 0 saturated carbocycles. The van der Waals surface area contributed by atoms with E-state index >= 15 is 0 Å². The first kappa shape index (κ1) is 25.7. The second kappa shape index (κ2) is 13.7. The molecule has 0 spiro atoms. The predicted molar refractivity (Wildman–Crippen MR) is 136 cm³/mol. The van der Waals surface area contributed by atoms with Crippen molar-refractivity contribution in [3.05, 3.63) is 71.8 Å². The van der Waals surface area contributed by atoms with E-state index < -0.39 is 5.97 Å². The molecule has 1 aliphatic heterocycles. The van der Waals surface area contributed by atoms with Gasteiger partial charge in [0.25, 0.3) is 0 Å². The zero-order valence-electron chi connectivity index (χ0n) is 20.3. The van der Waals surface area contributed by atoms with E-state index in [9.17, 15) is 9.59 Å². The van der Waals surface area contributed by atoms with Crippen molar-refractivity contribution in [3.63, 3.8) is 0 Å². The Balaban J connectivity index is 1.61. The largest absolute Gasteiger partial charge is 0.460 e. The summed E-state index contributed by atoms with van der Waals surface area (Å²) < 4.78 is 9.96. The molecule has 0 unspecified atom stereocenters. The van der Waals surface area contributed by atoms with Gasteiger partial charge in [-0.2, -0.15) is 0 Å². The number of amides is 1. The third kappa shape index (κ3) is 7.82. The lowest BCUT2D eigenvalue weighted by Gasteiger charge is -2.38. The highest BCUT2D eigenvalue weighted by Gasteiger charge is 2.28. The number of ether oxygens (including phenoxy) is 2. The molecule has 34 heavy (non-hydrogen) atoms. The summed E-state index contributed by atoms with van der Waals surface area (Å²) in [6, 6.07) is 18.5. The molecule has 0 bridgehead atoms. The van der Waals surface area contributed by atoms with Gasteiger partial charge in [0, 0.05) is 51.0 Å². The monoisotopic (exact) mass is 464 g/mol. The number of carbonyl (C=O) groups excluding carboxylic acids is 2. The Morgan fingerprint density at radius 2 is 1.82 bits per heavy atom. The molecule has 1 amide bonds. The molecule has 1 fully saturated rings. The number of rotatable bonds is 11. The third-order valence-electron chi connectivity index (χ3n) is 6.14. The van der Waals surface area contributed by atoms with Crippen molar-refractivity contribution in [2.75, 3.05) is 44.9 Å². The van der Waals surface area contributed by atoms with Gasteiger partial charge >= 0.3 is 5.97 Å². The summed E-state index contributed by atoms with van der Waals surface area (Å²) in [7, 11) is 1.56. The molecule has 3 rings (SSSR count). The third-order valence-corrected chi connectivity index (χ3v) is 6.14. The number of anilines is 1. The van der Waals surface area contributed by atoms with Crippen molar-refractivity contribution in [1.82, 2.24) is 4.90 Å². The summed E-state index contributed by atoms with van der Waals surface area (Å²) >= 11 is 0. The van der Waals surface area contributed by atoms with E-state index in [0.717, 1.165) is 50.1 Å². The zero-order valence-corrected chi connectivity index (χ0v) is 20.3. The first-order valence-electron chi connectivity index (χ1n) is 12.1. The molecule has 1 heterocycles. The van der Waals surface area contributed by atoms with Crippen LogP contribution in [0.25, 0.3) is 6.08 Å². The average Bonchev–Trinajstić information content (AvgIpc) is 2.88. The molecule has 6 nitrogen and oxygen atoms in total. The van der Waals surface area contributed by atoms with Gasteiger partial charge in [-0.3, -0.25) is 4.79 Å². The average molecular weight is 465 g/mol. The van der Waals surface area contributed by atoms with Crippen molar-refractivity contribution >= 4 is 23.6 Å². The minimum atomic E-state index is -0.410. The van der Waals surface area contributed by atoms with E-state index in [0.29, 0.717) is 13.0 Å². The van der Waals surface area contributed by atoms with Gasteiger partial charge < -0.3 is 19.3 Å². The SMILES string of the molecule is CCC(=O)N(c1cccc(/C=C/C(=O)OCCOC)c1)C1CCN(CCc2ccccc2)CC1. The van der Waals surface area contributed by atoms with Crippen LogP contribution in [0.1, 0.15) is 37.3 Å².